The highest BCUT2D eigenvalue weighted by atomic mass is 35.5. The Balaban J connectivity index is 0.00000156. The van der Waals surface area contributed by atoms with Crippen LogP contribution in [-0.4, -0.2) is 25.1 Å². The molecule has 0 amide bonds. The predicted octanol–water partition coefficient (Wildman–Crippen LogP) is 4.28. The molecule has 1 heterocycles. The van der Waals surface area contributed by atoms with Crippen LogP contribution in [0.1, 0.15) is 29.0 Å². The van der Waals surface area contributed by atoms with Crippen molar-refractivity contribution in [3.8, 4) is 5.75 Å². The first-order valence-corrected chi connectivity index (χ1v) is 8.27. The molecule has 2 nitrogen and oxygen atoms in total. The van der Waals surface area contributed by atoms with Crippen molar-refractivity contribution in [3.05, 3.63) is 65.2 Å². The predicted molar refractivity (Wildman–Crippen MR) is 96.5 cm³/mol. The molecular formula is C20H24ClNO. The van der Waals surface area contributed by atoms with Crippen molar-refractivity contribution in [2.45, 2.75) is 25.3 Å². The average molecular weight is 330 g/mol. The van der Waals surface area contributed by atoms with E-state index in [1.54, 1.807) is 7.11 Å². The van der Waals surface area contributed by atoms with E-state index in [2.05, 4.69) is 53.4 Å². The van der Waals surface area contributed by atoms with Gasteiger partial charge in [0, 0.05) is 18.7 Å². The summed E-state index contributed by atoms with van der Waals surface area (Å²) in [5, 5.41) is 0. The van der Waals surface area contributed by atoms with Gasteiger partial charge in [-0.05, 0) is 48.4 Å². The zero-order valence-electron chi connectivity index (χ0n) is 13.6. The molecule has 2 aromatic carbocycles. The molecule has 0 aromatic heterocycles. The van der Waals surface area contributed by atoms with Crippen LogP contribution >= 0.6 is 12.4 Å². The highest BCUT2D eigenvalue weighted by Crippen LogP contribution is 2.47. The first-order chi connectivity index (χ1) is 10.8. The molecule has 0 saturated carbocycles. The maximum absolute atomic E-state index is 5.61. The van der Waals surface area contributed by atoms with Crippen LogP contribution in [0.3, 0.4) is 0 Å². The van der Waals surface area contributed by atoms with Gasteiger partial charge in [-0.1, -0.05) is 42.5 Å². The second kappa shape index (κ2) is 6.94. The van der Waals surface area contributed by atoms with Crippen LogP contribution in [0.2, 0.25) is 0 Å². The molecule has 0 bridgehead atoms. The molecule has 0 unspecified atom stereocenters. The zero-order valence-corrected chi connectivity index (χ0v) is 14.4. The van der Waals surface area contributed by atoms with E-state index in [1.807, 2.05) is 0 Å². The van der Waals surface area contributed by atoms with Gasteiger partial charge in [0.1, 0.15) is 5.75 Å². The zero-order chi connectivity index (χ0) is 14.9. The summed E-state index contributed by atoms with van der Waals surface area (Å²) in [6.07, 6.45) is 2.47. The highest BCUT2D eigenvalue weighted by Gasteiger charge is 2.38. The van der Waals surface area contributed by atoms with Gasteiger partial charge in [-0.2, -0.15) is 0 Å². The Labute approximate surface area is 144 Å². The van der Waals surface area contributed by atoms with E-state index >= 15 is 0 Å². The van der Waals surface area contributed by atoms with E-state index < -0.39 is 0 Å². The van der Waals surface area contributed by atoms with E-state index in [0.29, 0.717) is 5.92 Å². The van der Waals surface area contributed by atoms with Crippen LogP contribution in [0.15, 0.2) is 48.5 Å². The molecule has 23 heavy (non-hydrogen) atoms. The summed E-state index contributed by atoms with van der Waals surface area (Å²) in [5.41, 5.74) is 4.43. The minimum absolute atomic E-state index is 0. The maximum Gasteiger partial charge on any atom is 0.122 e. The monoisotopic (exact) mass is 329 g/mol. The number of piperidine rings is 1. The van der Waals surface area contributed by atoms with Crippen molar-refractivity contribution in [2.75, 3.05) is 20.2 Å². The molecule has 2 atom stereocenters. The van der Waals surface area contributed by atoms with E-state index in [-0.39, 0.29) is 12.4 Å². The third-order valence-electron chi connectivity index (χ3n) is 5.30. The van der Waals surface area contributed by atoms with Gasteiger partial charge < -0.3 is 4.74 Å². The first kappa shape index (κ1) is 16.4. The minimum atomic E-state index is 0. The highest BCUT2D eigenvalue weighted by molar-refractivity contribution is 5.85. The van der Waals surface area contributed by atoms with Gasteiger partial charge in [-0.15, -0.1) is 12.4 Å². The van der Waals surface area contributed by atoms with Gasteiger partial charge in [0.15, 0.2) is 0 Å². The van der Waals surface area contributed by atoms with Gasteiger partial charge in [0.2, 0.25) is 0 Å². The number of halogens is 1. The Morgan fingerprint density at radius 1 is 1.09 bits per heavy atom. The molecule has 0 spiro atoms. The maximum atomic E-state index is 5.61. The van der Waals surface area contributed by atoms with Crippen molar-refractivity contribution in [1.82, 2.24) is 4.90 Å². The summed E-state index contributed by atoms with van der Waals surface area (Å²) in [4.78, 5) is 2.62. The smallest absolute Gasteiger partial charge is 0.122 e. The second-order valence-corrected chi connectivity index (χ2v) is 6.61. The molecule has 0 radical (unpaired) electrons. The number of nitrogens with zero attached hydrogens (tertiary/aromatic N) is 1. The molecule has 122 valence electrons. The van der Waals surface area contributed by atoms with Crippen LogP contribution in [0.25, 0.3) is 0 Å². The first-order valence-electron chi connectivity index (χ1n) is 8.27. The summed E-state index contributed by atoms with van der Waals surface area (Å²) < 4.78 is 5.61. The summed E-state index contributed by atoms with van der Waals surface area (Å²) in [5.74, 6) is 2.54. The lowest BCUT2D eigenvalue weighted by Crippen LogP contribution is -2.37. The Hall–Kier alpha value is -1.51. The number of rotatable bonds is 3. The van der Waals surface area contributed by atoms with Crippen molar-refractivity contribution < 1.29 is 4.74 Å². The van der Waals surface area contributed by atoms with E-state index in [1.165, 1.54) is 42.6 Å². The lowest BCUT2D eigenvalue weighted by Gasteiger charge is -2.35. The molecule has 2 aromatic rings. The van der Waals surface area contributed by atoms with Crippen molar-refractivity contribution in [3.63, 3.8) is 0 Å². The normalized spacial score (nSPS) is 22.8. The Bertz CT molecular complexity index is 658. The fourth-order valence-corrected chi connectivity index (χ4v) is 4.33. The van der Waals surface area contributed by atoms with Gasteiger partial charge in [-0.3, -0.25) is 4.90 Å². The number of hydrogen-bond acceptors (Lipinski definition) is 2. The van der Waals surface area contributed by atoms with Crippen molar-refractivity contribution in [2.24, 2.45) is 5.92 Å². The van der Waals surface area contributed by atoms with Crippen molar-refractivity contribution in [1.29, 1.82) is 0 Å². The molecule has 4 rings (SSSR count). The minimum Gasteiger partial charge on any atom is -0.496 e. The van der Waals surface area contributed by atoms with Gasteiger partial charge in [-0.25, -0.2) is 0 Å². The third-order valence-corrected chi connectivity index (χ3v) is 5.30. The number of hydrogen-bond donors (Lipinski definition) is 0. The summed E-state index contributed by atoms with van der Waals surface area (Å²) in [6, 6.07) is 17.4. The summed E-state index contributed by atoms with van der Waals surface area (Å²) in [6.45, 7) is 3.47. The van der Waals surface area contributed by atoms with Crippen LogP contribution < -0.4 is 4.74 Å². The number of likely N-dealkylation sites (tertiary alicyclic amines) is 1. The quantitative estimate of drug-likeness (QED) is 0.833. The molecule has 1 fully saturated rings. The van der Waals surface area contributed by atoms with Crippen LogP contribution in [0.4, 0.5) is 0 Å². The van der Waals surface area contributed by atoms with Crippen LogP contribution in [-0.2, 0) is 13.0 Å². The number of methoxy groups -OCH3 is 1. The Kier molecular flexibility index (Phi) is 4.93. The Morgan fingerprint density at radius 3 is 2.70 bits per heavy atom. The van der Waals surface area contributed by atoms with Gasteiger partial charge in [0.05, 0.1) is 7.11 Å². The van der Waals surface area contributed by atoms with Gasteiger partial charge in [0.25, 0.3) is 0 Å². The van der Waals surface area contributed by atoms with Crippen LogP contribution in [0, 0.1) is 5.92 Å². The van der Waals surface area contributed by atoms with Crippen molar-refractivity contribution >= 4 is 12.4 Å². The molecular weight excluding hydrogens is 306 g/mol. The molecule has 3 heteroatoms. The fourth-order valence-electron chi connectivity index (χ4n) is 4.33. The average Bonchev–Trinajstić information content (AvgIpc) is 2.93. The number of benzene rings is 2. The van der Waals surface area contributed by atoms with Crippen LogP contribution in [0.5, 0.6) is 5.75 Å². The molecule has 1 aliphatic carbocycles. The fraction of sp³-hybridized carbons (Fsp3) is 0.400. The number of ether oxygens (including phenoxy) is 1. The third kappa shape index (κ3) is 3.11. The second-order valence-electron chi connectivity index (χ2n) is 6.61. The topological polar surface area (TPSA) is 12.5 Å². The molecule has 1 aliphatic heterocycles. The van der Waals surface area contributed by atoms with E-state index in [0.717, 1.165) is 18.2 Å². The lowest BCUT2D eigenvalue weighted by molar-refractivity contribution is 0.154. The molecule has 2 aliphatic rings. The number of fused-ring (bicyclic) bond motifs is 3. The Morgan fingerprint density at radius 2 is 1.91 bits per heavy atom. The molecule has 0 N–H and O–H groups in total. The summed E-state index contributed by atoms with van der Waals surface area (Å²) in [7, 11) is 1.80. The largest absolute Gasteiger partial charge is 0.496 e. The summed E-state index contributed by atoms with van der Waals surface area (Å²) >= 11 is 0. The standard InChI is InChI=1S/C20H23NO.ClH/c1-22-19-9-5-8-16-12-17-14-21(11-10-18(17)20(16)19)13-15-6-3-2-4-7-15;/h2-9,17-18H,10-14H2,1H3;1H/t17-,18-;/m1./s1. The van der Waals surface area contributed by atoms with Gasteiger partial charge >= 0.3 is 0 Å². The SMILES string of the molecule is COc1cccc2c1[C@@H]1CCN(Cc3ccccc3)C[C@H]1C2.Cl. The molecule has 1 saturated heterocycles. The lowest BCUT2D eigenvalue weighted by atomic mass is 9.85. The van der Waals surface area contributed by atoms with E-state index in [9.17, 15) is 0 Å². The van der Waals surface area contributed by atoms with E-state index in [4.69, 9.17) is 4.74 Å².